The van der Waals surface area contributed by atoms with Gasteiger partial charge in [0.15, 0.2) is 0 Å². The Morgan fingerprint density at radius 3 is 1.79 bits per heavy atom. The number of rotatable bonds is 22. The monoisotopic (exact) mass is 1070 g/mol. The van der Waals surface area contributed by atoms with Crippen molar-refractivity contribution in [2.45, 2.75) is 148 Å². The van der Waals surface area contributed by atoms with Gasteiger partial charge in [-0.1, -0.05) is 91.0 Å². The first-order chi connectivity index (χ1) is 36.9. The smallest absolute Gasteiger partial charge is 0.407 e. The van der Waals surface area contributed by atoms with Crippen molar-refractivity contribution in [3.8, 4) is 16.9 Å². The van der Waals surface area contributed by atoms with Gasteiger partial charge in [0.25, 0.3) is 5.91 Å². The highest BCUT2D eigenvalue weighted by Gasteiger charge is 2.33. The molecule has 5 N–H and O–H groups in total. The summed E-state index contributed by atoms with van der Waals surface area (Å²) >= 11 is 0. The Morgan fingerprint density at radius 2 is 1.21 bits per heavy atom. The predicted octanol–water partition coefficient (Wildman–Crippen LogP) is 8.75. The average molecular weight is 1070 g/mol. The summed E-state index contributed by atoms with van der Waals surface area (Å²) in [6.45, 7) is 15.6. The quantitative estimate of drug-likeness (QED) is 0.0248. The molecule has 18 heteroatoms. The molecule has 0 saturated carbocycles. The first-order valence-corrected chi connectivity index (χ1v) is 26.3. The summed E-state index contributed by atoms with van der Waals surface area (Å²) in [6, 6.07) is 26.4. The lowest BCUT2D eigenvalue weighted by Crippen LogP contribution is -2.53. The van der Waals surface area contributed by atoms with Crippen LogP contribution in [0.5, 0.6) is 5.75 Å². The van der Waals surface area contributed by atoms with Gasteiger partial charge in [0, 0.05) is 43.4 Å². The maximum atomic E-state index is 14.1. The third-order valence-electron chi connectivity index (χ3n) is 12.3. The fourth-order valence-electron chi connectivity index (χ4n) is 8.90. The van der Waals surface area contributed by atoms with E-state index in [4.69, 9.17) is 23.7 Å². The molecule has 0 saturated heterocycles. The number of alkyl carbamates (subject to hydrolysis) is 1. The van der Waals surface area contributed by atoms with Gasteiger partial charge in [-0.3, -0.25) is 19.4 Å². The molecule has 6 rings (SSSR count). The van der Waals surface area contributed by atoms with Crippen molar-refractivity contribution in [2.75, 3.05) is 20.3 Å². The second-order valence-electron chi connectivity index (χ2n) is 22.1. The topological polar surface area (TPSA) is 239 Å². The van der Waals surface area contributed by atoms with Crippen LogP contribution in [0.25, 0.3) is 21.9 Å². The molecule has 0 bridgehead atoms. The molecule has 0 unspecified atom stereocenters. The summed E-state index contributed by atoms with van der Waals surface area (Å²) in [7, 11) is 1.54. The van der Waals surface area contributed by atoms with Crippen molar-refractivity contribution in [1.82, 2.24) is 31.6 Å². The van der Waals surface area contributed by atoms with Crippen molar-refractivity contribution in [1.29, 1.82) is 0 Å². The summed E-state index contributed by atoms with van der Waals surface area (Å²) in [5.74, 6) is -2.71. The van der Waals surface area contributed by atoms with E-state index in [9.17, 15) is 33.6 Å². The SMILES string of the molecule is COc1c(C[C@@H](NC(=O)c2ccc(CNC(=O)OCC3c4ccccc4-c4ccccc43)cn2)C(=O)NCCCC[C@H](NC(=O)N[C@@H](CCC(=O)OC(C)(C)C)C(=O)OC(C)(C)C)C(=O)OC(C)(C)C)ccc2ccccc12. The van der Waals surface area contributed by atoms with E-state index >= 15 is 0 Å². The molecular weight excluding hydrogens is 997 g/mol. The Balaban J connectivity index is 1.07. The second-order valence-corrected chi connectivity index (χ2v) is 22.1. The van der Waals surface area contributed by atoms with Crippen LogP contribution in [0, 0.1) is 0 Å². The highest BCUT2D eigenvalue weighted by molar-refractivity contribution is 5.97. The van der Waals surface area contributed by atoms with Crippen molar-refractivity contribution >= 4 is 52.6 Å². The van der Waals surface area contributed by atoms with Crippen LogP contribution in [-0.4, -0.2) is 102 Å². The number of ether oxygens (including phenoxy) is 5. The van der Waals surface area contributed by atoms with Gasteiger partial charge >= 0.3 is 30.0 Å². The van der Waals surface area contributed by atoms with Crippen LogP contribution in [0.2, 0.25) is 0 Å². The molecule has 3 atom stereocenters. The molecule has 1 aliphatic carbocycles. The van der Waals surface area contributed by atoms with E-state index in [0.29, 0.717) is 29.7 Å². The number of unbranched alkanes of at least 4 members (excludes halogenated alkanes) is 1. The second kappa shape index (κ2) is 26.4. The number of amides is 5. The number of aromatic nitrogens is 1. The van der Waals surface area contributed by atoms with Crippen molar-refractivity contribution in [2.24, 2.45) is 0 Å². The van der Waals surface area contributed by atoms with Gasteiger partial charge in [0.2, 0.25) is 5.91 Å². The lowest BCUT2D eigenvalue weighted by molar-refractivity contribution is -0.159. The molecule has 0 aliphatic heterocycles. The average Bonchev–Trinajstić information content (AvgIpc) is 3.72. The summed E-state index contributed by atoms with van der Waals surface area (Å²) in [5, 5.41) is 15.5. The summed E-state index contributed by atoms with van der Waals surface area (Å²) in [5.41, 5.74) is 3.21. The van der Waals surface area contributed by atoms with Crippen LogP contribution in [0.4, 0.5) is 9.59 Å². The maximum Gasteiger partial charge on any atom is 0.407 e. The van der Waals surface area contributed by atoms with Gasteiger partial charge in [-0.2, -0.15) is 0 Å². The Hall–Kier alpha value is -8.02. The molecule has 4 aromatic carbocycles. The molecule has 5 aromatic rings. The number of methoxy groups -OCH3 is 1. The number of urea groups is 1. The molecule has 78 heavy (non-hydrogen) atoms. The van der Waals surface area contributed by atoms with E-state index in [-0.39, 0.29) is 57.0 Å². The van der Waals surface area contributed by atoms with Crippen LogP contribution < -0.4 is 31.3 Å². The highest BCUT2D eigenvalue weighted by Crippen LogP contribution is 2.44. The zero-order chi connectivity index (χ0) is 56.8. The Labute approximate surface area is 456 Å². The third kappa shape index (κ3) is 17.5. The van der Waals surface area contributed by atoms with Crippen LogP contribution in [0.15, 0.2) is 103 Å². The van der Waals surface area contributed by atoms with Gasteiger partial charge < -0.3 is 50.3 Å². The molecule has 0 radical (unpaired) electrons. The van der Waals surface area contributed by atoms with Gasteiger partial charge in [-0.15, -0.1) is 0 Å². The van der Waals surface area contributed by atoms with Gasteiger partial charge in [-0.25, -0.2) is 19.2 Å². The zero-order valence-electron chi connectivity index (χ0n) is 46.3. The number of hydrogen-bond acceptors (Lipinski definition) is 13. The number of carbonyl (C=O) groups excluding carboxylic acids is 7. The molecule has 18 nitrogen and oxygen atoms in total. The maximum absolute atomic E-state index is 14.1. The first-order valence-electron chi connectivity index (χ1n) is 26.3. The molecule has 0 spiro atoms. The van der Waals surface area contributed by atoms with Crippen LogP contribution >= 0.6 is 0 Å². The fraction of sp³-hybridized carbons (Fsp3) is 0.433. The highest BCUT2D eigenvalue weighted by atomic mass is 16.6. The number of pyridine rings is 1. The van der Waals surface area contributed by atoms with Crippen LogP contribution in [-0.2, 0) is 51.1 Å². The Morgan fingerprint density at radius 1 is 0.615 bits per heavy atom. The first kappa shape index (κ1) is 59.2. The Kier molecular flexibility index (Phi) is 20.0. The number of benzene rings is 4. The lowest BCUT2D eigenvalue weighted by atomic mass is 9.98. The largest absolute Gasteiger partial charge is 0.496 e. The minimum Gasteiger partial charge on any atom is -0.496 e. The standard InChI is InChI=1S/C60H74N6O12/c1-58(2,3)76-50(67)31-30-48(55(71)78-60(7,8)9)66-56(72)65-47(54(70)77-59(4,5)6)25-17-18-32-61-52(68)49(33-39-28-27-38-19-11-12-20-40(38)51(39)74-10)64-53(69)46-29-26-37(34-62-46)35-63-57(73)75-36-45-43-23-15-13-21-41(43)42-22-14-16-24-44(42)45/h11-16,19-24,26-29,34,45,47-49H,17-18,25,30-33,35-36H2,1-10H3,(H,61,68)(H,63,73)(H,64,69)(H2,65,66,72)/t47-,48-,49+/m0/s1. The normalized spacial score (nSPS) is 13.4. The molecule has 416 valence electrons. The van der Waals surface area contributed by atoms with E-state index in [0.717, 1.165) is 33.0 Å². The summed E-state index contributed by atoms with van der Waals surface area (Å²) in [6.07, 6.45) is 1.35. The third-order valence-corrected chi connectivity index (χ3v) is 12.3. The Bertz CT molecular complexity index is 2890. The molecule has 1 aliphatic rings. The van der Waals surface area contributed by atoms with Gasteiger partial charge in [0.1, 0.15) is 53.0 Å². The van der Waals surface area contributed by atoms with E-state index < -0.39 is 76.8 Å². The molecule has 5 amide bonds. The zero-order valence-corrected chi connectivity index (χ0v) is 46.3. The number of nitrogens with zero attached hydrogens (tertiary/aromatic N) is 1. The van der Waals surface area contributed by atoms with Gasteiger partial charge in [-0.05, 0) is 133 Å². The number of nitrogens with one attached hydrogen (secondary N) is 5. The van der Waals surface area contributed by atoms with Crippen molar-refractivity contribution < 1.29 is 57.2 Å². The van der Waals surface area contributed by atoms with E-state index in [1.165, 1.54) is 12.3 Å². The van der Waals surface area contributed by atoms with Crippen LogP contribution in [0.1, 0.15) is 133 Å². The number of carbonyl (C=O) groups is 7. The number of fused-ring (bicyclic) bond motifs is 4. The van der Waals surface area contributed by atoms with Gasteiger partial charge in [0.05, 0.1) is 7.11 Å². The molecule has 1 heterocycles. The molecule has 0 fully saturated rings. The van der Waals surface area contributed by atoms with Crippen molar-refractivity contribution in [3.05, 3.63) is 131 Å². The summed E-state index contributed by atoms with van der Waals surface area (Å²) in [4.78, 5) is 98.0. The summed E-state index contributed by atoms with van der Waals surface area (Å²) < 4.78 is 28.1. The van der Waals surface area contributed by atoms with E-state index in [1.807, 2.05) is 72.8 Å². The molecule has 1 aromatic heterocycles. The minimum absolute atomic E-state index is 0.0355. The van der Waals surface area contributed by atoms with Crippen molar-refractivity contribution in [3.63, 3.8) is 0 Å². The fourth-order valence-corrected chi connectivity index (χ4v) is 8.90. The minimum atomic E-state index is -1.25. The number of hydrogen-bond donors (Lipinski definition) is 5. The van der Waals surface area contributed by atoms with E-state index in [1.54, 1.807) is 75.5 Å². The molecular formula is C60H74N6O12. The lowest BCUT2D eigenvalue weighted by Gasteiger charge is -2.27. The number of esters is 3. The van der Waals surface area contributed by atoms with Crippen LogP contribution in [0.3, 0.4) is 0 Å². The van der Waals surface area contributed by atoms with E-state index in [2.05, 4.69) is 43.7 Å². The predicted molar refractivity (Wildman–Crippen MR) is 294 cm³/mol.